The molecule has 116 valence electrons. The van der Waals surface area contributed by atoms with Gasteiger partial charge in [0.25, 0.3) is 0 Å². The summed E-state index contributed by atoms with van der Waals surface area (Å²) in [4.78, 5) is 0. The number of nitrogens with one attached hydrogen (secondary N) is 1. The first kappa shape index (κ1) is 15.0. The van der Waals surface area contributed by atoms with Crippen molar-refractivity contribution in [2.75, 3.05) is 19.6 Å². The van der Waals surface area contributed by atoms with E-state index in [0.717, 1.165) is 30.9 Å². The van der Waals surface area contributed by atoms with Crippen LogP contribution in [0.3, 0.4) is 0 Å². The molecule has 3 nitrogen and oxygen atoms in total. The highest BCUT2D eigenvalue weighted by Gasteiger charge is 2.35. The van der Waals surface area contributed by atoms with Gasteiger partial charge in [0.2, 0.25) is 6.79 Å². The lowest BCUT2D eigenvalue weighted by atomic mass is 9.84. The van der Waals surface area contributed by atoms with Crippen LogP contribution in [0.5, 0.6) is 11.5 Å². The zero-order valence-corrected chi connectivity index (χ0v) is 13.8. The number of aryl methyl sites for hydroxylation is 1. The molecule has 0 amide bonds. The minimum absolute atomic E-state index is 0.355. The second-order valence-electron chi connectivity index (χ2n) is 6.25. The Labute approximate surface area is 131 Å². The average Bonchev–Trinajstić information content (AvgIpc) is 2.92. The Bertz CT molecular complexity index is 482. The van der Waals surface area contributed by atoms with Gasteiger partial charge in [0.05, 0.1) is 0 Å². The van der Waals surface area contributed by atoms with Gasteiger partial charge in [-0.1, -0.05) is 12.5 Å². The van der Waals surface area contributed by atoms with Crippen LogP contribution in [-0.2, 0) is 6.42 Å². The van der Waals surface area contributed by atoms with Gasteiger partial charge in [-0.05, 0) is 56.6 Å². The first-order valence-electron chi connectivity index (χ1n) is 7.88. The zero-order valence-electron chi connectivity index (χ0n) is 13.0. The fraction of sp³-hybridized carbons (Fsp3) is 0.647. The Morgan fingerprint density at radius 3 is 2.81 bits per heavy atom. The van der Waals surface area contributed by atoms with E-state index < -0.39 is 0 Å². The normalized spacial score (nSPS) is 20.1. The van der Waals surface area contributed by atoms with Gasteiger partial charge in [0.15, 0.2) is 11.5 Å². The van der Waals surface area contributed by atoms with Crippen molar-refractivity contribution in [1.82, 2.24) is 5.32 Å². The van der Waals surface area contributed by atoms with E-state index in [1.54, 1.807) is 0 Å². The average molecular weight is 307 g/mol. The molecule has 1 aromatic rings. The Morgan fingerprint density at radius 1 is 1.29 bits per heavy atom. The summed E-state index contributed by atoms with van der Waals surface area (Å²) in [5, 5.41) is 3.72. The maximum atomic E-state index is 5.43. The van der Waals surface area contributed by atoms with Crippen LogP contribution in [0.25, 0.3) is 0 Å². The largest absolute Gasteiger partial charge is 0.454 e. The number of benzene rings is 1. The van der Waals surface area contributed by atoms with Crippen LogP contribution in [0.1, 0.15) is 38.2 Å². The first-order chi connectivity index (χ1) is 10.2. The molecule has 2 aliphatic rings. The Hall–Kier alpha value is -0.870. The Kier molecular flexibility index (Phi) is 4.65. The molecular formula is C17H25NO2S. The van der Waals surface area contributed by atoms with Gasteiger partial charge >= 0.3 is 0 Å². The summed E-state index contributed by atoms with van der Waals surface area (Å²) in [6.45, 7) is 3.80. The van der Waals surface area contributed by atoms with Crippen molar-refractivity contribution in [2.45, 2.75) is 49.8 Å². The molecule has 4 heteroatoms. The van der Waals surface area contributed by atoms with Crippen LogP contribution in [-0.4, -0.2) is 30.4 Å². The molecule has 21 heavy (non-hydrogen) atoms. The maximum Gasteiger partial charge on any atom is 0.231 e. The van der Waals surface area contributed by atoms with Crippen LogP contribution in [0.2, 0.25) is 0 Å². The lowest BCUT2D eigenvalue weighted by Gasteiger charge is -2.41. The second-order valence-corrected chi connectivity index (χ2v) is 7.52. The van der Waals surface area contributed by atoms with Crippen molar-refractivity contribution >= 4 is 11.8 Å². The minimum atomic E-state index is 0.355. The standard InChI is InChI=1S/C17H25NO2S/c1-13(18-11-17(21-2)8-3-9-17)4-5-14-6-7-15-16(10-14)20-12-19-15/h6-7,10,13,18H,3-5,8-9,11-12H2,1-2H3. The number of rotatable bonds is 7. The van der Waals surface area contributed by atoms with E-state index in [2.05, 4.69) is 30.6 Å². The van der Waals surface area contributed by atoms with E-state index in [1.165, 1.54) is 24.8 Å². The number of thioether (sulfide) groups is 1. The zero-order chi connectivity index (χ0) is 14.7. The van der Waals surface area contributed by atoms with Crippen LogP contribution in [0.15, 0.2) is 18.2 Å². The quantitative estimate of drug-likeness (QED) is 0.833. The van der Waals surface area contributed by atoms with Gasteiger partial charge in [-0.15, -0.1) is 0 Å². The van der Waals surface area contributed by atoms with Crippen molar-refractivity contribution in [3.8, 4) is 11.5 Å². The van der Waals surface area contributed by atoms with Crippen LogP contribution >= 0.6 is 11.8 Å². The molecule has 1 heterocycles. The monoisotopic (exact) mass is 307 g/mol. The maximum absolute atomic E-state index is 5.43. The molecule has 0 spiro atoms. The lowest BCUT2D eigenvalue weighted by Crippen LogP contribution is -2.45. The summed E-state index contributed by atoms with van der Waals surface area (Å²) in [6, 6.07) is 6.84. The number of hydrogen-bond donors (Lipinski definition) is 1. The molecular weight excluding hydrogens is 282 g/mol. The van der Waals surface area contributed by atoms with Gasteiger partial charge in [-0.2, -0.15) is 11.8 Å². The number of fused-ring (bicyclic) bond motifs is 1. The highest BCUT2D eigenvalue weighted by atomic mass is 32.2. The molecule has 1 N–H and O–H groups in total. The first-order valence-corrected chi connectivity index (χ1v) is 9.10. The summed E-state index contributed by atoms with van der Waals surface area (Å²) in [5.74, 6) is 1.76. The third-order valence-corrected chi connectivity index (χ3v) is 6.19. The summed E-state index contributed by atoms with van der Waals surface area (Å²) < 4.78 is 11.3. The van der Waals surface area contributed by atoms with Crippen molar-refractivity contribution in [3.63, 3.8) is 0 Å². The van der Waals surface area contributed by atoms with Crippen molar-refractivity contribution in [2.24, 2.45) is 0 Å². The topological polar surface area (TPSA) is 30.5 Å². The van der Waals surface area contributed by atoms with Crippen LogP contribution < -0.4 is 14.8 Å². The molecule has 0 saturated heterocycles. The van der Waals surface area contributed by atoms with E-state index in [0.29, 0.717) is 17.6 Å². The van der Waals surface area contributed by atoms with Gasteiger partial charge in [-0.3, -0.25) is 0 Å². The summed E-state index contributed by atoms with van der Waals surface area (Å²) in [5.41, 5.74) is 1.33. The molecule has 1 fully saturated rings. The minimum Gasteiger partial charge on any atom is -0.454 e. The summed E-state index contributed by atoms with van der Waals surface area (Å²) >= 11 is 2.04. The highest BCUT2D eigenvalue weighted by Crippen LogP contribution is 2.42. The SMILES string of the molecule is CSC1(CNC(C)CCc2ccc3c(c2)OCO3)CCC1. The van der Waals surface area contributed by atoms with Crippen molar-refractivity contribution in [1.29, 1.82) is 0 Å². The molecule has 1 aliphatic carbocycles. The Morgan fingerprint density at radius 2 is 2.10 bits per heavy atom. The lowest BCUT2D eigenvalue weighted by molar-refractivity contribution is 0.174. The van der Waals surface area contributed by atoms with Gasteiger partial charge in [0.1, 0.15) is 0 Å². The Balaban J connectivity index is 1.44. The smallest absolute Gasteiger partial charge is 0.231 e. The molecule has 0 radical (unpaired) electrons. The predicted octanol–water partition coefficient (Wildman–Crippen LogP) is 3.61. The molecule has 3 rings (SSSR count). The molecule has 1 atom stereocenters. The third-order valence-electron chi connectivity index (χ3n) is 4.77. The summed E-state index contributed by atoms with van der Waals surface area (Å²) in [6.07, 6.45) is 8.62. The molecule has 0 bridgehead atoms. The van der Waals surface area contributed by atoms with Crippen LogP contribution in [0.4, 0.5) is 0 Å². The molecule has 1 saturated carbocycles. The summed E-state index contributed by atoms with van der Waals surface area (Å²) in [7, 11) is 0. The van der Waals surface area contributed by atoms with Crippen molar-refractivity contribution in [3.05, 3.63) is 23.8 Å². The van der Waals surface area contributed by atoms with E-state index in [4.69, 9.17) is 9.47 Å². The second kappa shape index (κ2) is 6.49. The van der Waals surface area contributed by atoms with Gasteiger partial charge in [0, 0.05) is 17.3 Å². The van der Waals surface area contributed by atoms with Gasteiger partial charge < -0.3 is 14.8 Å². The number of ether oxygens (including phenoxy) is 2. The highest BCUT2D eigenvalue weighted by molar-refractivity contribution is 8.00. The molecule has 0 aromatic heterocycles. The van der Waals surface area contributed by atoms with E-state index in [9.17, 15) is 0 Å². The fourth-order valence-electron chi connectivity index (χ4n) is 2.97. The van der Waals surface area contributed by atoms with Crippen molar-refractivity contribution < 1.29 is 9.47 Å². The third kappa shape index (κ3) is 3.49. The number of hydrogen-bond acceptors (Lipinski definition) is 4. The predicted molar refractivity (Wildman–Crippen MR) is 88.4 cm³/mol. The van der Waals surface area contributed by atoms with E-state index in [1.807, 2.05) is 17.8 Å². The van der Waals surface area contributed by atoms with Crippen LogP contribution in [0, 0.1) is 0 Å². The van der Waals surface area contributed by atoms with Gasteiger partial charge in [-0.25, -0.2) is 0 Å². The fourth-order valence-corrected chi connectivity index (χ4v) is 3.89. The molecule has 1 aromatic carbocycles. The molecule has 1 aliphatic heterocycles. The molecule has 1 unspecified atom stereocenters. The van der Waals surface area contributed by atoms with E-state index in [-0.39, 0.29) is 0 Å². The van der Waals surface area contributed by atoms with E-state index >= 15 is 0 Å².